The first kappa shape index (κ1) is 8.53. The molecule has 1 N–H and O–H groups in total. The average Bonchev–Trinajstić information content (AvgIpc) is 1.95. The Labute approximate surface area is 67.1 Å². The first-order chi connectivity index (χ1) is 5.19. The second-order valence-electron chi connectivity index (χ2n) is 3.28. The van der Waals surface area contributed by atoms with Gasteiger partial charge in [-0.1, -0.05) is 13.3 Å². The summed E-state index contributed by atoms with van der Waals surface area (Å²) in [5.74, 6) is 0.0330. The van der Waals surface area contributed by atoms with Crippen LogP contribution in [-0.4, -0.2) is 12.5 Å². The van der Waals surface area contributed by atoms with Crippen molar-refractivity contribution in [3.05, 3.63) is 0 Å². The monoisotopic (exact) mass is 157 g/mol. The maximum absolute atomic E-state index is 11.3. The van der Waals surface area contributed by atoms with Crippen molar-refractivity contribution >= 4 is 5.91 Å². The number of carbonyl (C=O) groups is 1. The molecule has 3 heteroatoms. The fourth-order valence-electron chi connectivity index (χ4n) is 1.20. The number of hydrogen-bond acceptors (Lipinski definition) is 2. The van der Waals surface area contributed by atoms with Gasteiger partial charge >= 0.3 is 0 Å². The van der Waals surface area contributed by atoms with Gasteiger partial charge in [-0.15, -0.1) is 0 Å². The summed E-state index contributed by atoms with van der Waals surface area (Å²) in [5.41, 5.74) is 2.29. The molecule has 1 aliphatic rings. The highest BCUT2D eigenvalue weighted by Crippen LogP contribution is 2.40. The molecule has 0 radical (unpaired) electrons. The van der Waals surface area contributed by atoms with Crippen LogP contribution < -0.4 is 5.48 Å². The van der Waals surface area contributed by atoms with E-state index in [0.717, 1.165) is 19.3 Å². The van der Waals surface area contributed by atoms with Gasteiger partial charge in [0, 0.05) is 5.41 Å². The van der Waals surface area contributed by atoms with E-state index in [1.165, 1.54) is 0 Å². The lowest BCUT2D eigenvalue weighted by atomic mass is 9.70. The third kappa shape index (κ3) is 1.71. The van der Waals surface area contributed by atoms with Gasteiger partial charge in [-0.2, -0.15) is 0 Å². The zero-order valence-electron chi connectivity index (χ0n) is 7.14. The molecule has 0 unspecified atom stereocenters. The lowest BCUT2D eigenvalue weighted by molar-refractivity contribution is -0.147. The highest BCUT2D eigenvalue weighted by Gasteiger charge is 2.39. The van der Waals surface area contributed by atoms with Crippen LogP contribution in [0.4, 0.5) is 0 Å². The standard InChI is InChI=1S/C8H15NO2/c1-3-11-9-7(10)8(2)5-4-6-8/h3-6H2,1-2H3,(H,9,10). The molecule has 0 saturated heterocycles. The van der Waals surface area contributed by atoms with E-state index >= 15 is 0 Å². The molecule has 0 atom stereocenters. The molecule has 64 valence electrons. The van der Waals surface area contributed by atoms with Gasteiger partial charge in [0.05, 0.1) is 6.61 Å². The molecule has 0 aromatic carbocycles. The van der Waals surface area contributed by atoms with Crippen molar-refractivity contribution < 1.29 is 9.63 Å². The van der Waals surface area contributed by atoms with Crippen LogP contribution in [0.5, 0.6) is 0 Å². The Balaban J connectivity index is 2.28. The Morgan fingerprint density at radius 3 is 2.64 bits per heavy atom. The number of amides is 1. The van der Waals surface area contributed by atoms with Crippen LogP contribution >= 0.6 is 0 Å². The Morgan fingerprint density at radius 2 is 2.27 bits per heavy atom. The predicted molar refractivity (Wildman–Crippen MR) is 41.7 cm³/mol. The van der Waals surface area contributed by atoms with Crippen LogP contribution in [-0.2, 0) is 9.63 Å². The number of nitrogens with one attached hydrogen (secondary N) is 1. The summed E-state index contributed by atoms with van der Waals surface area (Å²) < 4.78 is 0. The lowest BCUT2D eigenvalue weighted by Crippen LogP contribution is -2.43. The van der Waals surface area contributed by atoms with Crippen LogP contribution in [0.2, 0.25) is 0 Å². The molecule has 11 heavy (non-hydrogen) atoms. The first-order valence-corrected chi connectivity index (χ1v) is 4.11. The van der Waals surface area contributed by atoms with E-state index in [2.05, 4.69) is 5.48 Å². The first-order valence-electron chi connectivity index (χ1n) is 4.11. The molecular formula is C8H15NO2. The van der Waals surface area contributed by atoms with Crippen LogP contribution in [0, 0.1) is 5.41 Å². The molecule has 1 amide bonds. The topological polar surface area (TPSA) is 38.3 Å². The van der Waals surface area contributed by atoms with E-state index in [0.29, 0.717) is 6.61 Å². The maximum Gasteiger partial charge on any atom is 0.249 e. The molecule has 3 nitrogen and oxygen atoms in total. The minimum Gasteiger partial charge on any atom is -0.274 e. The van der Waals surface area contributed by atoms with E-state index < -0.39 is 0 Å². The van der Waals surface area contributed by atoms with Gasteiger partial charge in [-0.3, -0.25) is 9.63 Å². The van der Waals surface area contributed by atoms with Crippen molar-refractivity contribution in [2.45, 2.75) is 33.1 Å². The summed E-state index contributed by atoms with van der Waals surface area (Å²) in [7, 11) is 0. The SMILES string of the molecule is CCONC(=O)C1(C)CCC1. The van der Waals surface area contributed by atoms with Gasteiger partial charge in [-0.05, 0) is 19.8 Å². The molecule has 1 saturated carbocycles. The van der Waals surface area contributed by atoms with Crippen molar-refractivity contribution in [1.29, 1.82) is 0 Å². The van der Waals surface area contributed by atoms with E-state index in [4.69, 9.17) is 4.84 Å². The van der Waals surface area contributed by atoms with Gasteiger partial charge < -0.3 is 0 Å². The minimum atomic E-state index is -0.144. The zero-order valence-corrected chi connectivity index (χ0v) is 7.14. The molecule has 1 fully saturated rings. The van der Waals surface area contributed by atoms with Crippen molar-refractivity contribution in [3.8, 4) is 0 Å². The molecule has 0 spiro atoms. The van der Waals surface area contributed by atoms with E-state index in [-0.39, 0.29) is 11.3 Å². The largest absolute Gasteiger partial charge is 0.274 e. The van der Waals surface area contributed by atoms with E-state index in [1.54, 1.807) is 0 Å². The Hall–Kier alpha value is -0.570. The summed E-state index contributed by atoms with van der Waals surface area (Å²) >= 11 is 0. The molecule has 1 rings (SSSR count). The fraction of sp³-hybridized carbons (Fsp3) is 0.875. The average molecular weight is 157 g/mol. The summed E-state index contributed by atoms with van der Waals surface area (Å²) in [5, 5.41) is 0. The number of hydroxylamine groups is 1. The van der Waals surface area contributed by atoms with Crippen molar-refractivity contribution in [2.24, 2.45) is 5.41 Å². The summed E-state index contributed by atoms with van der Waals surface area (Å²) in [4.78, 5) is 16.1. The lowest BCUT2D eigenvalue weighted by Gasteiger charge is -2.35. The molecule has 0 aromatic heterocycles. The third-order valence-corrected chi connectivity index (χ3v) is 2.31. The van der Waals surface area contributed by atoms with Gasteiger partial charge in [0.2, 0.25) is 5.91 Å². The zero-order chi connectivity index (χ0) is 8.32. The Bertz CT molecular complexity index is 152. The van der Waals surface area contributed by atoms with E-state index in [9.17, 15) is 4.79 Å². The maximum atomic E-state index is 11.3. The Kier molecular flexibility index (Phi) is 2.49. The van der Waals surface area contributed by atoms with Crippen LogP contribution in [0.25, 0.3) is 0 Å². The molecule has 0 aliphatic heterocycles. The highest BCUT2D eigenvalue weighted by atomic mass is 16.6. The summed E-state index contributed by atoms with van der Waals surface area (Å²) in [6.07, 6.45) is 3.15. The molecule has 0 aromatic rings. The summed E-state index contributed by atoms with van der Waals surface area (Å²) in [6.45, 7) is 4.36. The quantitative estimate of drug-likeness (QED) is 0.626. The third-order valence-electron chi connectivity index (χ3n) is 2.31. The van der Waals surface area contributed by atoms with Crippen LogP contribution in [0.1, 0.15) is 33.1 Å². The summed E-state index contributed by atoms with van der Waals surface area (Å²) in [6, 6.07) is 0. The van der Waals surface area contributed by atoms with Gasteiger partial charge in [0.1, 0.15) is 0 Å². The van der Waals surface area contributed by atoms with Crippen molar-refractivity contribution in [3.63, 3.8) is 0 Å². The van der Waals surface area contributed by atoms with Gasteiger partial charge in [0.25, 0.3) is 0 Å². The van der Waals surface area contributed by atoms with Crippen LogP contribution in [0.3, 0.4) is 0 Å². The van der Waals surface area contributed by atoms with Crippen molar-refractivity contribution in [2.75, 3.05) is 6.61 Å². The van der Waals surface area contributed by atoms with Crippen molar-refractivity contribution in [1.82, 2.24) is 5.48 Å². The number of hydrogen-bond donors (Lipinski definition) is 1. The van der Waals surface area contributed by atoms with Crippen LogP contribution in [0.15, 0.2) is 0 Å². The van der Waals surface area contributed by atoms with E-state index in [1.807, 2.05) is 13.8 Å². The molecule has 0 bridgehead atoms. The molecular weight excluding hydrogens is 142 g/mol. The number of rotatable bonds is 3. The highest BCUT2D eigenvalue weighted by molar-refractivity contribution is 5.82. The van der Waals surface area contributed by atoms with Gasteiger partial charge in [-0.25, -0.2) is 5.48 Å². The normalized spacial score (nSPS) is 20.5. The smallest absolute Gasteiger partial charge is 0.249 e. The number of carbonyl (C=O) groups excluding carboxylic acids is 1. The fourth-order valence-corrected chi connectivity index (χ4v) is 1.20. The Morgan fingerprint density at radius 1 is 1.64 bits per heavy atom. The second-order valence-corrected chi connectivity index (χ2v) is 3.28. The molecule has 1 aliphatic carbocycles. The second kappa shape index (κ2) is 3.22. The molecule has 0 heterocycles. The minimum absolute atomic E-state index is 0.0330. The predicted octanol–water partition coefficient (Wildman–Crippen LogP) is 1.24. The van der Waals surface area contributed by atoms with Gasteiger partial charge in [0.15, 0.2) is 0 Å².